The highest BCUT2D eigenvalue weighted by molar-refractivity contribution is 5.42. The lowest BCUT2D eigenvalue weighted by atomic mass is 10.1. The van der Waals surface area contributed by atoms with Gasteiger partial charge in [-0.1, -0.05) is 6.42 Å². The number of benzene rings is 1. The van der Waals surface area contributed by atoms with Gasteiger partial charge in [-0.2, -0.15) is 0 Å². The van der Waals surface area contributed by atoms with Crippen LogP contribution in [-0.4, -0.2) is 55.1 Å². The van der Waals surface area contributed by atoms with Gasteiger partial charge in [-0.15, -0.1) is 0 Å². The monoisotopic (exact) mass is 291 g/mol. The first-order chi connectivity index (χ1) is 10.3. The molecule has 0 bridgehead atoms. The van der Waals surface area contributed by atoms with E-state index in [1.54, 1.807) is 12.1 Å². The molecule has 21 heavy (non-hydrogen) atoms. The Hall–Kier alpha value is -1.13. The third-order valence-corrected chi connectivity index (χ3v) is 4.76. The summed E-state index contributed by atoms with van der Waals surface area (Å²) in [4.78, 5) is 5.24. The average molecular weight is 291 g/mol. The number of rotatable bonds is 5. The lowest BCUT2D eigenvalue weighted by molar-refractivity contribution is 0.163. The van der Waals surface area contributed by atoms with Crippen LogP contribution in [0.5, 0.6) is 0 Å². The number of likely N-dealkylation sites (tertiary alicyclic amines) is 2. The molecule has 1 unspecified atom stereocenters. The first kappa shape index (κ1) is 14.8. The molecule has 4 heteroatoms. The Morgan fingerprint density at radius 1 is 1.05 bits per heavy atom. The maximum atomic E-state index is 12.8. The first-order valence-corrected chi connectivity index (χ1v) is 8.27. The molecular formula is C17H26FN3. The molecule has 2 aliphatic rings. The van der Waals surface area contributed by atoms with Crippen LogP contribution < -0.4 is 5.32 Å². The number of hydrogen-bond acceptors (Lipinski definition) is 3. The molecule has 0 radical (unpaired) electrons. The third-order valence-electron chi connectivity index (χ3n) is 4.76. The number of nitrogens with zero attached hydrogens (tertiary/aromatic N) is 2. The molecular weight excluding hydrogens is 265 g/mol. The molecule has 0 aromatic heterocycles. The minimum atomic E-state index is -0.176. The molecule has 2 saturated heterocycles. The molecule has 2 heterocycles. The quantitative estimate of drug-likeness (QED) is 0.900. The predicted octanol–water partition coefficient (Wildman–Crippen LogP) is 2.80. The smallest absolute Gasteiger partial charge is 0.123 e. The van der Waals surface area contributed by atoms with Gasteiger partial charge in [-0.25, -0.2) is 4.39 Å². The van der Waals surface area contributed by atoms with Gasteiger partial charge in [-0.05, 0) is 63.2 Å². The molecule has 0 saturated carbocycles. The Bertz CT molecular complexity index is 428. The molecule has 1 aromatic rings. The lowest BCUT2D eigenvalue weighted by Gasteiger charge is -2.32. The van der Waals surface area contributed by atoms with Crippen molar-refractivity contribution < 1.29 is 4.39 Å². The summed E-state index contributed by atoms with van der Waals surface area (Å²) in [6.45, 7) is 7.02. The Balaban J connectivity index is 1.37. The summed E-state index contributed by atoms with van der Waals surface area (Å²) in [7, 11) is 0. The van der Waals surface area contributed by atoms with E-state index in [4.69, 9.17) is 0 Å². The molecule has 1 aromatic carbocycles. The molecule has 3 nitrogen and oxygen atoms in total. The van der Waals surface area contributed by atoms with Crippen LogP contribution in [-0.2, 0) is 0 Å². The van der Waals surface area contributed by atoms with Crippen LogP contribution in [0.2, 0.25) is 0 Å². The Kier molecular flexibility index (Phi) is 5.09. The molecule has 1 atom stereocenters. The number of halogens is 1. The minimum absolute atomic E-state index is 0.176. The summed E-state index contributed by atoms with van der Waals surface area (Å²) in [6.07, 6.45) is 5.48. The van der Waals surface area contributed by atoms with E-state index in [0.717, 1.165) is 24.8 Å². The van der Waals surface area contributed by atoms with Crippen molar-refractivity contribution in [3.63, 3.8) is 0 Å². The fourth-order valence-corrected chi connectivity index (χ4v) is 3.52. The van der Waals surface area contributed by atoms with Crippen molar-refractivity contribution in [2.24, 2.45) is 0 Å². The highest BCUT2D eigenvalue weighted by Crippen LogP contribution is 2.20. The van der Waals surface area contributed by atoms with Gasteiger partial charge in [0.2, 0.25) is 0 Å². The second-order valence-corrected chi connectivity index (χ2v) is 6.27. The van der Waals surface area contributed by atoms with Gasteiger partial charge in [0, 0.05) is 31.4 Å². The minimum Gasteiger partial charge on any atom is -0.384 e. The lowest BCUT2D eigenvalue weighted by Crippen LogP contribution is -2.41. The summed E-state index contributed by atoms with van der Waals surface area (Å²) in [5.41, 5.74) is 1.00. The maximum absolute atomic E-state index is 12.8. The normalized spacial score (nSPS) is 24.3. The van der Waals surface area contributed by atoms with Crippen LogP contribution in [0.4, 0.5) is 10.1 Å². The Morgan fingerprint density at radius 3 is 2.57 bits per heavy atom. The summed E-state index contributed by atoms with van der Waals surface area (Å²) in [5.74, 6) is -0.176. The van der Waals surface area contributed by atoms with E-state index in [2.05, 4.69) is 15.1 Å². The molecule has 0 aliphatic carbocycles. The van der Waals surface area contributed by atoms with Gasteiger partial charge in [0.15, 0.2) is 0 Å². The van der Waals surface area contributed by atoms with Crippen LogP contribution in [0.15, 0.2) is 24.3 Å². The van der Waals surface area contributed by atoms with Gasteiger partial charge in [-0.3, -0.25) is 9.80 Å². The van der Waals surface area contributed by atoms with E-state index in [9.17, 15) is 4.39 Å². The fraction of sp³-hybridized carbons (Fsp3) is 0.647. The molecule has 2 fully saturated rings. The molecule has 116 valence electrons. The zero-order valence-corrected chi connectivity index (χ0v) is 12.7. The van der Waals surface area contributed by atoms with Crippen molar-refractivity contribution in [2.75, 3.05) is 44.6 Å². The SMILES string of the molecule is Fc1ccc(NCCN2CCC(N3CCCCC3)C2)cc1. The van der Waals surface area contributed by atoms with Gasteiger partial charge in [0.25, 0.3) is 0 Å². The van der Waals surface area contributed by atoms with Crippen molar-refractivity contribution in [1.82, 2.24) is 9.80 Å². The second-order valence-electron chi connectivity index (χ2n) is 6.27. The topological polar surface area (TPSA) is 18.5 Å². The number of anilines is 1. The van der Waals surface area contributed by atoms with E-state index in [-0.39, 0.29) is 5.82 Å². The second kappa shape index (κ2) is 7.23. The predicted molar refractivity (Wildman–Crippen MR) is 85.2 cm³/mol. The fourth-order valence-electron chi connectivity index (χ4n) is 3.52. The van der Waals surface area contributed by atoms with Crippen LogP contribution in [0.3, 0.4) is 0 Å². The summed E-state index contributed by atoms with van der Waals surface area (Å²) < 4.78 is 12.8. The van der Waals surface area contributed by atoms with Crippen molar-refractivity contribution in [3.05, 3.63) is 30.1 Å². The van der Waals surface area contributed by atoms with Crippen molar-refractivity contribution in [2.45, 2.75) is 31.7 Å². The van der Waals surface area contributed by atoms with Gasteiger partial charge in [0.05, 0.1) is 0 Å². The standard InChI is InChI=1S/C17H26FN3/c18-15-4-6-16(7-5-15)19-9-13-20-12-8-17(14-20)21-10-2-1-3-11-21/h4-7,17,19H,1-3,8-14H2. The van der Waals surface area contributed by atoms with Crippen LogP contribution >= 0.6 is 0 Å². The zero-order chi connectivity index (χ0) is 14.5. The van der Waals surface area contributed by atoms with Crippen molar-refractivity contribution in [1.29, 1.82) is 0 Å². The van der Waals surface area contributed by atoms with Gasteiger partial charge >= 0.3 is 0 Å². The van der Waals surface area contributed by atoms with E-state index in [1.165, 1.54) is 64.0 Å². The first-order valence-electron chi connectivity index (χ1n) is 8.27. The van der Waals surface area contributed by atoms with E-state index in [1.807, 2.05) is 0 Å². The van der Waals surface area contributed by atoms with Crippen molar-refractivity contribution >= 4 is 5.69 Å². The van der Waals surface area contributed by atoms with Crippen LogP contribution in [0.1, 0.15) is 25.7 Å². The summed E-state index contributed by atoms with van der Waals surface area (Å²) in [5, 5.41) is 3.37. The maximum Gasteiger partial charge on any atom is 0.123 e. The average Bonchev–Trinajstić information content (AvgIpc) is 2.99. The highest BCUT2D eigenvalue weighted by Gasteiger charge is 2.27. The van der Waals surface area contributed by atoms with Crippen LogP contribution in [0.25, 0.3) is 0 Å². The van der Waals surface area contributed by atoms with E-state index < -0.39 is 0 Å². The Labute approximate surface area is 127 Å². The zero-order valence-electron chi connectivity index (χ0n) is 12.7. The van der Waals surface area contributed by atoms with Gasteiger partial charge in [0.1, 0.15) is 5.82 Å². The highest BCUT2D eigenvalue weighted by atomic mass is 19.1. The van der Waals surface area contributed by atoms with E-state index in [0.29, 0.717) is 0 Å². The molecule has 2 aliphatic heterocycles. The molecule has 0 amide bonds. The largest absolute Gasteiger partial charge is 0.384 e. The molecule has 3 rings (SSSR count). The molecule has 0 spiro atoms. The summed E-state index contributed by atoms with van der Waals surface area (Å²) >= 11 is 0. The van der Waals surface area contributed by atoms with Crippen molar-refractivity contribution in [3.8, 4) is 0 Å². The van der Waals surface area contributed by atoms with Crippen LogP contribution in [0, 0.1) is 5.82 Å². The molecule has 1 N–H and O–H groups in total. The number of hydrogen-bond donors (Lipinski definition) is 1. The summed E-state index contributed by atoms with van der Waals surface area (Å²) in [6, 6.07) is 7.39. The third kappa shape index (κ3) is 4.17. The number of piperidine rings is 1. The Morgan fingerprint density at radius 2 is 1.81 bits per heavy atom. The van der Waals surface area contributed by atoms with Gasteiger partial charge < -0.3 is 5.32 Å². The number of nitrogens with one attached hydrogen (secondary N) is 1. The van der Waals surface area contributed by atoms with E-state index >= 15 is 0 Å².